The Balaban J connectivity index is 2.04. The van der Waals surface area contributed by atoms with Gasteiger partial charge in [-0.15, -0.1) is 13.2 Å². The molecular weight excluding hydrogens is 446 g/mol. The van der Waals surface area contributed by atoms with Gasteiger partial charge >= 0.3 is 14.2 Å². The molecule has 0 unspecified atom stereocenters. The Labute approximate surface area is 221 Å². The number of hydrogen-bond acceptors (Lipinski definition) is 4. The van der Waals surface area contributed by atoms with Gasteiger partial charge in [0.15, 0.2) is 0 Å². The van der Waals surface area contributed by atoms with Crippen molar-refractivity contribution >= 4 is 25.2 Å². The van der Waals surface area contributed by atoms with Crippen LogP contribution in [0, 0.1) is 0 Å². The van der Waals surface area contributed by atoms with E-state index in [4.69, 9.17) is 18.6 Å². The summed E-state index contributed by atoms with van der Waals surface area (Å²) < 4.78 is 26.1. The van der Waals surface area contributed by atoms with Crippen LogP contribution in [0.25, 0.3) is 0 Å². The number of hydrogen-bond donors (Lipinski definition) is 0. The zero-order valence-corrected chi connectivity index (χ0v) is 24.2. The van der Waals surface area contributed by atoms with E-state index in [-0.39, 0.29) is 36.6 Å². The number of allylic oxidation sites excluding steroid dienone is 2. The molecule has 0 spiro atoms. The van der Waals surface area contributed by atoms with Crippen molar-refractivity contribution in [1.82, 2.24) is 0 Å². The lowest BCUT2D eigenvalue weighted by Gasteiger charge is -2.32. The van der Waals surface area contributed by atoms with Crippen molar-refractivity contribution in [2.24, 2.45) is 0 Å². The molecule has 0 radical (unpaired) electrons. The summed E-state index contributed by atoms with van der Waals surface area (Å²) in [7, 11) is -0.771. The molecule has 36 heavy (non-hydrogen) atoms. The van der Waals surface area contributed by atoms with Gasteiger partial charge in [0, 0.05) is 0 Å². The van der Waals surface area contributed by atoms with Gasteiger partial charge in [-0.05, 0) is 129 Å². The highest BCUT2D eigenvalue weighted by Crippen LogP contribution is 2.38. The van der Waals surface area contributed by atoms with Crippen LogP contribution in [-0.4, -0.2) is 36.6 Å². The van der Waals surface area contributed by atoms with Gasteiger partial charge in [0.2, 0.25) is 0 Å². The smallest absolute Gasteiger partial charge is 0.399 e. The van der Waals surface area contributed by atoms with E-state index in [0.29, 0.717) is 0 Å². The van der Waals surface area contributed by atoms with Crippen LogP contribution < -0.4 is 10.9 Å². The molecule has 3 rings (SSSR count). The van der Waals surface area contributed by atoms with Crippen molar-refractivity contribution in [3.05, 3.63) is 48.6 Å². The van der Waals surface area contributed by atoms with E-state index in [1.54, 1.807) is 0 Å². The lowest BCUT2D eigenvalue weighted by atomic mass is 9.67. The van der Waals surface area contributed by atoms with Gasteiger partial charge in [-0.3, -0.25) is 0 Å². The summed E-state index contributed by atoms with van der Waals surface area (Å²) >= 11 is 0. The second kappa shape index (κ2) is 11.2. The fourth-order valence-electron chi connectivity index (χ4n) is 4.75. The van der Waals surface area contributed by atoms with E-state index < -0.39 is 0 Å². The highest BCUT2D eigenvalue weighted by Gasteiger charge is 2.54. The van der Waals surface area contributed by atoms with E-state index in [2.05, 4.69) is 80.7 Å². The molecule has 2 aliphatic heterocycles. The largest absolute Gasteiger partial charge is 0.495 e. The van der Waals surface area contributed by atoms with Crippen molar-refractivity contribution in [3.63, 3.8) is 0 Å². The van der Waals surface area contributed by atoms with Crippen LogP contribution in [0.4, 0.5) is 0 Å². The van der Waals surface area contributed by atoms with Gasteiger partial charge in [-0.2, -0.15) is 0 Å². The molecule has 1 aromatic rings. The normalized spacial score (nSPS) is 21.7. The molecule has 2 aliphatic rings. The highest BCUT2D eigenvalue weighted by atomic mass is 16.7. The van der Waals surface area contributed by atoms with E-state index in [1.165, 1.54) is 11.1 Å². The van der Waals surface area contributed by atoms with E-state index in [9.17, 15) is 0 Å². The van der Waals surface area contributed by atoms with Crippen LogP contribution in [0.1, 0.15) is 105 Å². The van der Waals surface area contributed by atoms with Crippen molar-refractivity contribution in [2.75, 3.05) is 0 Å². The highest BCUT2D eigenvalue weighted by molar-refractivity contribution is 6.65. The Kier molecular flexibility index (Phi) is 9.09. The summed E-state index contributed by atoms with van der Waals surface area (Å²) in [6, 6.07) is 4.64. The van der Waals surface area contributed by atoms with Crippen molar-refractivity contribution < 1.29 is 18.6 Å². The van der Waals surface area contributed by atoms with Gasteiger partial charge in [0.1, 0.15) is 0 Å². The predicted molar refractivity (Wildman–Crippen MR) is 153 cm³/mol. The molecule has 6 heteroatoms. The van der Waals surface area contributed by atoms with Crippen molar-refractivity contribution in [1.29, 1.82) is 0 Å². The minimum Gasteiger partial charge on any atom is -0.399 e. The number of unbranched alkanes of at least 4 members (excludes halogenated alkanes) is 4. The first-order chi connectivity index (χ1) is 16.7. The standard InChI is InChI=1S/C30H48B2O4/c1-11-13-15-17-19-23-21-26(32-35-29(7,8)30(9,10)36-32)24(20-18-16-14-12-2)22-25(23)31-33-27(3,4)28(5,6)34-31/h11-12,21-22H,1-2,13-20H2,3-10H3. The molecule has 198 valence electrons. The zero-order valence-electron chi connectivity index (χ0n) is 24.2. The number of benzene rings is 1. The molecule has 0 aliphatic carbocycles. The Morgan fingerprint density at radius 3 is 1.17 bits per heavy atom. The number of rotatable bonds is 12. The first kappa shape index (κ1) is 29.2. The second-order valence-electron chi connectivity index (χ2n) is 12.5. The van der Waals surface area contributed by atoms with Gasteiger partial charge in [0.05, 0.1) is 22.4 Å². The molecule has 2 saturated heterocycles. The Morgan fingerprint density at radius 1 is 0.583 bits per heavy atom. The molecule has 4 nitrogen and oxygen atoms in total. The molecule has 0 saturated carbocycles. The van der Waals surface area contributed by atoms with Crippen LogP contribution in [-0.2, 0) is 31.5 Å². The Bertz CT molecular complexity index is 827. The van der Waals surface area contributed by atoms with Gasteiger partial charge in [-0.25, -0.2) is 0 Å². The first-order valence-corrected chi connectivity index (χ1v) is 13.8. The SMILES string of the molecule is C=CCCCCc1cc(B2OC(C)(C)C(C)(C)O2)c(CCCCC=C)cc1B1OC(C)(C)C(C)(C)O1. The quantitative estimate of drug-likeness (QED) is 0.201. The molecule has 0 bridgehead atoms. The van der Waals surface area contributed by atoms with Gasteiger partial charge in [0.25, 0.3) is 0 Å². The average molecular weight is 494 g/mol. The summed E-state index contributed by atoms with van der Waals surface area (Å²) in [5.74, 6) is 0. The van der Waals surface area contributed by atoms with Crippen molar-refractivity contribution in [2.45, 2.75) is 129 Å². The van der Waals surface area contributed by atoms with Crippen LogP contribution in [0.2, 0.25) is 0 Å². The van der Waals surface area contributed by atoms with Gasteiger partial charge < -0.3 is 18.6 Å². The third kappa shape index (κ3) is 6.20. The summed E-state index contributed by atoms with van der Waals surface area (Å²) in [6.45, 7) is 24.7. The topological polar surface area (TPSA) is 36.9 Å². The summed E-state index contributed by atoms with van der Waals surface area (Å²) in [5, 5.41) is 0. The monoisotopic (exact) mass is 494 g/mol. The van der Waals surface area contributed by atoms with E-state index >= 15 is 0 Å². The fourth-order valence-corrected chi connectivity index (χ4v) is 4.75. The lowest BCUT2D eigenvalue weighted by molar-refractivity contribution is 0.00578. The molecule has 1 aromatic carbocycles. The summed E-state index contributed by atoms with van der Waals surface area (Å²) in [4.78, 5) is 0. The maximum absolute atomic E-state index is 6.53. The van der Waals surface area contributed by atoms with Crippen LogP contribution in [0.3, 0.4) is 0 Å². The van der Waals surface area contributed by atoms with Crippen LogP contribution >= 0.6 is 0 Å². The lowest BCUT2D eigenvalue weighted by Crippen LogP contribution is -2.43. The summed E-state index contributed by atoms with van der Waals surface area (Å²) in [6.07, 6.45) is 12.3. The maximum atomic E-state index is 6.53. The molecule has 0 amide bonds. The molecule has 2 fully saturated rings. The summed E-state index contributed by atoms with van der Waals surface area (Å²) in [5.41, 5.74) is 3.28. The van der Waals surface area contributed by atoms with E-state index in [0.717, 1.165) is 62.3 Å². The van der Waals surface area contributed by atoms with Crippen LogP contribution in [0.5, 0.6) is 0 Å². The Morgan fingerprint density at radius 2 is 0.889 bits per heavy atom. The van der Waals surface area contributed by atoms with Crippen molar-refractivity contribution in [3.8, 4) is 0 Å². The first-order valence-electron chi connectivity index (χ1n) is 13.8. The fraction of sp³-hybridized carbons (Fsp3) is 0.667. The molecule has 0 aromatic heterocycles. The second-order valence-corrected chi connectivity index (χ2v) is 12.5. The predicted octanol–water partition coefficient (Wildman–Crippen LogP) is 6.08. The average Bonchev–Trinajstić information content (AvgIpc) is 3.13. The molecule has 0 atom stereocenters. The Hall–Kier alpha value is -1.33. The molecule has 2 heterocycles. The zero-order chi connectivity index (χ0) is 26.8. The molecule has 0 N–H and O–H groups in total. The molecular formula is C30H48B2O4. The third-order valence-electron chi connectivity index (χ3n) is 8.62. The van der Waals surface area contributed by atoms with Gasteiger partial charge in [-0.1, -0.05) is 24.3 Å². The minimum atomic E-state index is -0.385. The maximum Gasteiger partial charge on any atom is 0.495 e. The van der Waals surface area contributed by atoms with E-state index in [1.807, 2.05) is 12.2 Å². The minimum absolute atomic E-state index is 0.383. The third-order valence-corrected chi connectivity index (χ3v) is 8.62. The van der Waals surface area contributed by atoms with Crippen LogP contribution in [0.15, 0.2) is 37.4 Å². The number of aryl methyl sites for hydroxylation is 2.